The van der Waals surface area contributed by atoms with Crippen molar-refractivity contribution in [1.82, 2.24) is 9.78 Å². The van der Waals surface area contributed by atoms with Gasteiger partial charge in [0.05, 0.1) is 5.69 Å². The van der Waals surface area contributed by atoms with Crippen molar-refractivity contribution in [1.29, 1.82) is 0 Å². The van der Waals surface area contributed by atoms with E-state index in [0.717, 1.165) is 24.5 Å². The molecule has 1 aromatic heterocycles. The van der Waals surface area contributed by atoms with Crippen LogP contribution >= 0.6 is 0 Å². The molecule has 25 heavy (non-hydrogen) atoms. The summed E-state index contributed by atoms with van der Waals surface area (Å²) in [6.45, 7) is 1.78. The van der Waals surface area contributed by atoms with Crippen molar-refractivity contribution in [3.05, 3.63) is 47.0 Å². The highest BCUT2D eigenvalue weighted by Gasteiger charge is 2.37. The molecule has 0 spiro atoms. The summed E-state index contributed by atoms with van der Waals surface area (Å²) >= 11 is 0. The zero-order valence-electron chi connectivity index (χ0n) is 13.5. The summed E-state index contributed by atoms with van der Waals surface area (Å²) in [4.78, 5) is 12.0. The molecule has 134 valence electrons. The minimum absolute atomic E-state index is 0.0151. The van der Waals surface area contributed by atoms with Crippen LogP contribution in [0.15, 0.2) is 24.3 Å². The number of aryl methyl sites for hydroxylation is 2. The van der Waals surface area contributed by atoms with Gasteiger partial charge in [-0.1, -0.05) is 6.07 Å². The third kappa shape index (κ3) is 4.18. The standard InChI is InChI=1S/C17H17F4N3O/c1-10-2-5-12(18)13(8-10)22-16(25)6-7-24-14(11-3-4-11)9-15(23-24)17(19,20)21/h2,5,8-9,11H,3-4,6-7H2,1H3,(H,22,25). The van der Waals surface area contributed by atoms with Gasteiger partial charge in [-0.05, 0) is 43.5 Å². The first-order valence-corrected chi connectivity index (χ1v) is 7.95. The number of benzene rings is 1. The predicted octanol–water partition coefficient (Wildman–Crippen LogP) is 4.26. The Morgan fingerprint density at radius 1 is 1.32 bits per heavy atom. The molecular weight excluding hydrogens is 338 g/mol. The Bertz CT molecular complexity index is 794. The molecule has 3 rings (SSSR count). The fraction of sp³-hybridized carbons (Fsp3) is 0.412. The van der Waals surface area contributed by atoms with Gasteiger partial charge in [-0.3, -0.25) is 9.48 Å². The lowest BCUT2D eigenvalue weighted by molar-refractivity contribution is -0.141. The van der Waals surface area contributed by atoms with Gasteiger partial charge in [0.2, 0.25) is 5.91 Å². The first-order chi connectivity index (χ1) is 11.7. The molecule has 1 aromatic carbocycles. The van der Waals surface area contributed by atoms with E-state index in [4.69, 9.17) is 0 Å². The monoisotopic (exact) mass is 355 g/mol. The van der Waals surface area contributed by atoms with Gasteiger partial charge in [0, 0.05) is 24.6 Å². The maximum Gasteiger partial charge on any atom is 0.435 e. The van der Waals surface area contributed by atoms with Crippen molar-refractivity contribution in [2.45, 2.75) is 44.8 Å². The number of halogens is 4. The van der Waals surface area contributed by atoms with Crippen LogP contribution in [0, 0.1) is 12.7 Å². The Morgan fingerprint density at radius 2 is 2.04 bits per heavy atom. The van der Waals surface area contributed by atoms with Crippen LogP contribution in [0.25, 0.3) is 0 Å². The number of carbonyl (C=O) groups excluding carboxylic acids is 1. The normalized spacial score (nSPS) is 14.6. The summed E-state index contributed by atoms with van der Waals surface area (Å²) in [6, 6.07) is 5.38. The molecule has 0 saturated heterocycles. The molecule has 0 aliphatic heterocycles. The summed E-state index contributed by atoms with van der Waals surface area (Å²) in [5.41, 5.74) is 0.403. The van der Waals surface area contributed by atoms with Gasteiger partial charge in [0.25, 0.3) is 0 Å². The lowest BCUT2D eigenvalue weighted by Crippen LogP contribution is -2.17. The van der Waals surface area contributed by atoms with Crippen molar-refractivity contribution in [2.75, 3.05) is 5.32 Å². The molecule has 1 aliphatic carbocycles. The number of carbonyl (C=O) groups is 1. The van der Waals surface area contributed by atoms with Gasteiger partial charge in [-0.25, -0.2) is 4.39 Å². The van der Waals surface area contributed by atoms with Gasteiger partial charge in [0.1, 0.15) is 5.82 Å². The van der Waals surface area contributed by atoms with Crippen LogP contribution in [0.4, 0.5) is 23.2 Å². The average Bonchev–Trinajstić information content (AvgIpc) is 3.27. The van der Waals surface area contributed by atoms with Crippen LogP contribution in [0.1, 0.15) is 42.1 Å². The SMILES string of the molecule is Cc1ccc(F)c(NC(=O)CCn2nc(C(F)(F)F)cc2C2CC2)c1. The lowest BCUT2D eigenvalue weighted by atomic mass is 10.2. The van der Waals surface area contributed by atoms with Gasteiger partial charge >= 0.3 is 6.18 Å². The molecule has 8 heteroatoms. The fourth-order valence-electron chi connectivity index (χ4n) is 2.61. The second kappa shape index (κ2) is 6.50. The van der Waals surface area contributed by atoms with Crippen molar-refractivity contribution in [2.24, 2.45) is 0 Å². The molecule has 1 saturated carbocycles. The smallest absolute Gasteiger partial charge is 0.324 e. The molecule has 4 nitrogen and oxygen atoms in total. The molecule has 1 aliphatic rings. The Balaban J connectivity index is 1.67. The minimum atomic E-state index is -4.51. The number of alkyl halides is 3. The number of nitrogens with zero attached hydrogens (tertiary/aromatic N) is 2. The van der Waals surface area contributed by atoms with Gasteiger partial charge in [-0.15, -0.1) is 0 Å². The van der Waals surface area contributed by atoms with Crippen LogP contribution in [0.3, 0.4) is 0 Å². The third-order valence-electron chi connectivity index (χ3n) is 4.04. The fourth-order valence-corrected chi connectivity index (χ4v) is 2.61. The number of hydrogen-bond acceptors (Lipinski definition) is 2. The number of anilines is 1. The van der Waals surface area contributed by atoms with E-state index in [0.29, 0.717) is 5.69 Å². The van der Waals surface area contributed by atoms with E-state index in [-0.39, 0.29) is 24.6 Å². The average molecular weight is 355 g/mol. The second-order valence-electron chi connectivity index (χ2n) is 6.23. The summed E-state index contributed by atoms with van der Waals surface area (Å²) in [6.07, 6.45) is -2.96. The largest absolute Gasteiger partial charge is 0.435 e. The number of rotatable bonds is 5. The molecule has 0 radical (unpaired) electrons. The zero-order chi connectivity index (χ0) is 18.2. The highest BCUT2D eigenvalue weighted by molar-refractivity contribution is 5.90. The van der Waals surface area contributed by atoms with E-state index in [1.807, 2.05) is 0 Å². The topological polar surface area (TPSA) is 46.9 Å². The highest BCUT2D eigenvalue weighted by Crippen LogP contribution is 2.42. The summed E-state index contributed by atoms with van der Waals surface area (Å²) in [7, 11) is 0. The van der Waals surface area contributed by atoms with Crippen molar-refractivity contribution in [3.63, 3.8) is 0 Å². The predicted molar refractivity (Wildman–Crippen MR) is 83.6 cm³/mol. The Labute approximate surface area is 141 Å². The first kappa shape index (κ1) is 17.4. The quantitative estimate of drug-likeness (QED) is 0.815. The first-order valence-electron chi connectivity index (χ1n) is 7.95. The maximum atomic E-state index is 13.6. The van der Waals surface area contributed by atoms with Crippen LogP contribution in [0.5, 0.6) is 0 Å². The minimum Gasteiger partial charge on any atom is -0.324 e. The molecule has 0 unspecified atom stereocenters. The molecule has 1 fully saturated rings. The highest BCUT2D eigenvalue weighted by atomic mass is 19.4. The van der Waals surface area contributed by atoms with E-state index in [2.05, 4.69) is 10.4 Å². The van der Waals surface area contributed by atoms with Crippen LogP contribution in [-0.4, -0.2) is 15.7 Å². The van der Waals surface area contributed by atoms with Crippen molar-refractivity contribution < 1.29 is 22.4 Å². The van der Waals surface area contributed by atoms with Gasteiger partial charge in [-0.2, -0.15) is 18.3 Å². The molecule has 0 bridgehead atoms. The molecular formula is C17H17F4N3O. The summed E-state index contributed by atoms with van der Waals surface area (Å²) in [5, 5.41) is 6.04. The van der Waals surface area contributed by atoms with Crippen molar-refractivity contribution >= 4 is 11.6 Å². The van der Waals surface area contributed by atoms with E-state index in [1.54, 1.807) is 13.0 Å². The van der Waals surface area contributed by atoms with Crippen molar-refractivity contribution in [3.8, 4) is 0 Å². The lowest BCUT2D eigenvalue weighted by Gasteiger charge is -2.09. The zero-order valence-corrected chi connectivity index (χ0v) is 13.5. The van der Waals surface area contributed by atoms with E-state index >= 15 is 0 Å². The van der Waals surface area contributed by atoms with E-state index in [9.17, 15) is 22.4 Å². The molecule has 1 heterocycles. The third-order valence-corrected chi connectivity index (χ3v) is 4.04. The number of amides is 1. The van der Waals surface area contributed by atoms with Gasteiger partial charge < -0.3 is 5.32 Å². The Kier molecular flexibility index (Phi) is 4.53. The Hall–Kier alpha value is -2.38. The molecule has 1 amide bonds. The Morgan fingerprint density at radius 3 is 2.68 bits per heavy atom. The maximum absolute atomic E-state index is 13.6. The van der Waals surface area contributed by atoms with Gasteiger partial charge in [0.15, 0.2) is 5.69 Å². The van der Waals surface area contributed by atoms with Crippen LogP contribution in [-0.2, 0) is 17.5 Å². The molecule has 2 aromatic rings. The van der Waals surface area contributed by atoms with Crippen LogP contribution in [0.2, 0.25) is 0 Å². The number of nitrogens with one attached hydrogen (secondary N) is 1. The van der Waals surface area contributed by atoms with E-state index < -0.39 is 23.6 Å². The number of hydrogen-bond donors (Lipinski definition) is 1. The molecule has 1 N–H and O–H groups in total. The van der Waals surface area contributed by atoms with E-state index in [1.165, 1.54) is 16.8 Å². The number of aromatic nitrogens is 2. The second-order valence-corrected chi connectivity index (χ2v) is 6.23. The molecule has 0 atom stereocenters. The summed E-state index contributed by atoms with van der Waals surface area (Å²) < 4.78 is 53.4. The summed E-state index contributed by atoms with van der Waals surface area (Å²) in [5.74, 6) is -0.966. The van der Waals surface area contributed by atoms with Crippen LogP contribution < -0.4 is 5.32 Å².